The largest absolute Gasteiger partial charge is 0.341 e. The van der Waals surface area contributed by atoms with E-state index in [2.05, 4.69) is 68.0 Å². The first kappa shape index (κ1) is 25.9. The third-order valence-corrected chi connectivity index (χ3v) is 7.09. The molecule has 0 atom stereocenters. The number of nitrogens with zero attached hydrogens (tertiary/aromatic N) is 5. The average Bonchev–Trinajstić information content (AvgIpc) is 2.92. The van der Waals surface area contributed by atoms with Crippen LogP contribution in [0.1, 0.15) is 29.5 Å². The van der Waals surface area contributed by atoms with Crippen LogP contribution in [-0.2, 0) is 6.42 Å². The van der Waals surface area contributed by atoms with Crippen molar-refractivity contribution in [1.82, 2.24) is 15.0 Å². The summed E-state index contributed by atoms with van der Waals surface area (Å²) in [5, 5.41) is 8.69. The molecular weight excluding hydrogens is 517 g/mol. The lowest BCUT2D eigenvalue weighted by atomic mass is 9.90. The molecule has 0 aliphatic carbocycles. The Labute approximate surface area is 233 Å². The highest BCUT2D eigenvalue weighted by Crippen LogP contribution is 2.26. The zero-order valence-electron chi connectivity index (χ0n) is 21.1. The number of hydrogen-bond donors (Lipinski definition) is 2. The Morgan fingerprint density at radius 2 is 1.66 bits per heavy atom. The van der Waals surface area contributed by atoms with Crippen molar-refractivity contribution in [1.29, 1.82) is 0 Å². The molecule has 4 aromatic rings. The molecule has 194 valence electrons. The molecule has 0 spiro atoms. The normalized spacial score (nSPS) is 14.1. The summed E-state index contributed by atoms with van der Waals surface area (Å²) in [6, 6.07) is 24.0. The van der Waals surface area contributed by atoms with Gasteiger partial charge in [0.1, 0.15) is 0 Å². The molecular formula is C29H29Cl2N7. The van der Waals surface area contributed by atoms with Gasteiger partial charge in [-0.05, 0) is 61.9 Å². The molecule has 2 N–H and O–H groups in total. The highest BCUT2D eigenvalue weighted by molar-refractivity contribution is 6.36. The van der Waals surface area contributed by atoms with Crippen molar-refractivity contribution >= 4 is 52.9 Å². The quantitative estimate of drug-likeness (QED) is 0.181. The summed E-state index contributed by atoms with van der Waals surface area (Å²) in [4.78, 5) is 16.2. The average molecular weight is 547 g/mol. The summed E-state index contributed by atoms with van der Waals surface area (Å²) in [5.74, 6) is 2.06. The highest BCUT2D eigenvalue weighted by atomic mass is 35.5. The summed E-state index contributed by atoms with van der Waals surface area (Å²) < 4.78 is 0. The predicted octanol–water partition coefficient (Wildman–Crippen LogP) is 7.14. The van der Waals surface area contributed by atoms with Crippen LogP contribution in [0.5, 0.6) is 0 Å². The van der Waals surface area contributed by atoms with E-state index in [4.69, 9.17) is 28.2 Å². The number of hydrogen-bond acceptors (Lipinski definition) is 7. The zero-order valence-corrected chi connectivity index (χ0v) is 22.6. The predicted molar refractivity (Wildman–Crippen MR) is 157 cm³/mol. The van der Waals surface area contributed by atoms with E-state index in [0.29, 0.717) is 33.8 Å². The van der Waals surface area contributed by atoms with Crippen LogP contribution in [0.15, 0.2) is 77.9 Å². The molecule has 9 heteroatoms. The molecule has 3 aromatic carbocycles. The van der Waals surface area contributed by atoms with Crippen molar-refractivity contribution in [3.63, 3.8) is 0 Å². The van der Waals surface area contributed by atoms with Crippen molar-refractivity contribution in [3.05, 3.63) is 99.5 Å². The molecule has 5 rings (SSSR count). The minimum Gasteiger partial charge on any atom is -0.341 e. The SMILES string of the molecule is Cc1ccc(Nc2nc(N/N=C\c3ccc(Cl)cc3Cl)nc(N3CCC(Cc4ccccc4)CC3)n2)cc1. The summed E-state index contributed by atoms with van der Waals surface area (Å²) in [5.41, 5.74) is 7.15. The van der Waals surface area contributed by atoms with Crippen LogP contribution in [-0.4, -0.2) is 34.3 Å². The third kappa shape index (κ3) is 7.00. The van der Waals surface area contributed by atoms with Gasteiger partial charge in [-0.2, -0.15) is 20.1 Å². The van der Waals surface area contributed by atoms with Gasteiger partial charge in [-0.15, -0.1) is 0 Å². The number of halogens is 2. The molecule has 7 nitrogen and oxygen atoms in total. The van der Waals surface area contributed by atoms with E-state index in [9.17, 15) is 0 Å². The first-order valence-corrected chi connectivity index (χ1v) is 13.4. The van der Waals surface area contributed by atoms with Gasteiger partial charge in [0, 0.05) is 29.4 Å². The number of benzene rings is 3. The minimum absolute atomic E-state index is 0.345. The Morgan fingerprint density at radius 3 is 2.39 bits per heavy atom. The van der Waals surface area contributed by atoms with Crippen LogP contribution < -0.4 is 15.6 Å². The fraction of sp³-hybridized carbons (Fsp3) is 0.241. The maximum atomic E-state index is 6.27. The van der Waals surface area contributed by atoms with E-state index in [1.165, 1.54) is 11.1 Å². The second kappa shape index (κ2) is 12.2. The van der Waals surface area contributed by atoms with E-state index in [-0.39, 0.29) is 0 Å². The summed E-state index contributed by atoms with van der Waals surface area (Å²) in [6.45, 7) is 3.82. The molecule has 1 saturated heterocycles. The molecule has 0 saturated carbocycles. The molecule has 1 aliphatic heterocycles. The standard InChI is InChI=1S/C29H29Cl2N7/c1-20-7-11-25(12-8-20)33-27-34-28(37-32-19-23-9-10-24(30)18-26(23)31)36-29(35-27)38-15-13-22(14-16-38)17-21-5-3-2-4-6-21/h2-12,18-19,22H,13-17H2,1H3,(H2,33,34,35,36,37)/b32-19-. The molecule has 2 heterocycles. The lowest BCUT2D eigenvalue weighted by molar-refractivity contribution is 0.400. The number of rotatable bonds is 8. The van der Waals surface area contributed by atoms with Gasteiger partial charge in [-0.1, -0.05) is 77.3 Å². The Balaban J connectivity index is 1.32. The molecule has 1 aromatic heterocycles. The monoisotopic (exact) mass is 545 g/mol. The lowest BCUT2D eigenvalue weighted by Gasteiger charge is -2.32. The third-order valence-electron chi connectivity index (χ3n) is 6.53. The summed E-state index contributed by atoms with van der Waals surface area (Å²) in [6.07, 6.45) is 4.87. The number of nitrogens with one attached hydrogen (secondary N) is 2. The van der Waals surface area contributed by atoms with E-state index in [1.54, 1.807) is 24.4 Å². The Hall–Kier alpha value is -3.68. The molecule has 0 amide bonds. The maximum absolute atomic E-state index is 6.27. The molecule has 0 unspecified atom stereocenters. The van der Waals surface area contributed by atoms with Gasteiger partial charge >= 0.3 is 0 Å². The first-order chi connectivity index (χ1) is 18.5. The van der Waals surface area contributed by atoms with Gasteiger partial charge in [-0.25, -0.2) is 5.43 Å². The Morgan fingerprint density at radius 1 is 0.921 bits per heavy atom. The van der Waals surface area contributed by atoms with E-state index >= 15 is 0 Å². The smallest absolute Gasteiger partial charge is 0.250 e. The van der Waals surface area contributed by atoms with Crippen LogP contribution in [0.2, 0.25) is 10.0 Å². The number of anilines is 4. The molecule has 1 fully saturated rings. The van der Waals surface area contributed by atoms with E-state index in [0.717, 1.165) is 43.6 Å². The summed E-state index contributed by atoms with van der Waals surface area (Å²) >= 11 is 12.3. The van der Waals surface area contributed by atoms with E-state index in [1.807, 2.05) is 24.3 Å². The summed E-state index contributed by atoms with van der Waals surface area (Å²) in [7, 11) is 0. The van der Waals surface area contributed by atoms with Crippen LogP contribution in [0, 0.1) is 12.8 Å². The van der Waals surface area contributed by atoms with E-state index < -0.39 is 0 Å². The molecule has 0 bridgehead atoms. The topological polar surface area (TPSA) is 78.3 Å². The Bertz CT molecular complexity index is 1390. The van der Waals surface area contributed by atoms with Crippen molar-refractivity contribution in [2.24, 2.45) is 11.0 Å². The minimum atomic E-state index is 0.345. The van der Waals surface area contributed by atoms with Gasteiger partial charge < -0.3 is 10.2 Å². The number of piperidine rings is 1. The lowest BCUT2D eigenvalue weighted by Crippen LogP contribution is -2.35. The van der Waals surface area contributed by atoms with Gasteiger partial charge in [-0.3, -0.25) is 0 Å². The van der Waals surface area contributed by atoms with Crippen LogP contribution >= 0.6 is 23.2 Å². The maximum Gasteiger partial charge on any atom is 0.250 e. The van der Waals surface area contributed by atoms with Crippen LogP contribution in [0.4, 0.5) is 23.5 Å². The molecule has 1 aliphatic rings. The Kier molecular flexibility index (Phi) is 8.36. The van der Waals surface area contributed by atoms with Crippen molar-refractivity contribution in [2.45, 2.75) is 26.2 Å². The zero-order chi connectivity index (χ0) is 26.3. The van der Waals surface area contributed by atoms with Gasteiger partial charge in [0.2, 0.25) is 17.8 Å². The first-order valence-electron chi connectivity index (χ1n) is 12.6. The van der Waals surface area contributed by atoms with Crippen molar-refractivity contribution in [2.75, 3.05) is 28.7 Å². The van der Waals surface area contributed by atoms with Crippen LogP contribution in [0.3, 0.4) is 0 Å². The number of aromatic nitrogens is 3. The van der Waals surface area contributed by atoms with Crippen molar-refractivity contribution in [3.8, 4) is 0 Å². The fourth-order valence-corrected chi connectivity index (χ4v) is 4.89. The van der Waals surface area contributed by atoms with Crippen LogP contribution in [0.25, 0.3) is 0 Å². The highest BCUT2D eigenvalue weighted by Gasteiger charge is 2.22. The van der Waals surface area contributed by atoms with Crippen molar-refractivity contribution < 1.29 is 0 Å². The number of aryl methyl sites for hydroxylation is 1. The molecule has 0 radical (unpaired) electrons. The second-order valence-electron chi connectivity index (χ2n) is 9.43. The van der Waals surface area contributed by atoms with Gasteiger partial charge in [0.15, 0.2) is 0 Å². The second-order valence-corrected chi connectivity index (χ2v) is 10.3. The molecule has 38 heavy (non-hydrogen) atoms. The number of hydrazone groups is 1. The fourth-order valence-electron chi connectivity index (χ4n) is 4.43. The van der Waals surface area contributed by atoms with Gasteiger partial charge in [0.05, 0.1) is 11.2 Å². The van der Waals surface area contributed by atoms with Gasteiger partial charge in [0.25, 0.3) is 0 Å².